The Kier molecular flexibility index (Phi) is 6.59. The molecule has 0 aliphatic rings. The van der Waals surface area contributed by atoms with Gasteiger partial charge in [0.2, 0.25) is 11.5 Å². The Labute approximate surface area is 186 Å². The van der Waals surface area contributed by atoms with Gasteiger partial charge in [-0.05, 0) is 42.0 Å². The number of rotatable bonds is 7. The van der Waals surface area contributed by atoms with Gasteiger partial charge in [0.15, 0.2) is 11.5 Å². The van der Waals surface area contributed by atoms with E-state index in [-0.39, 0.29) is 28.3 Å². The summed E-state index contributed by atoms with van der Waals surface area (Å²) in [6, 6.07) is 7.36. The summed E-state index contributed by atoms with van der Waals surface area (Å²) in [6.45, 7) is 0. The number of halogens is 4. The number of methoxy groups -OCH3 is 3. The molecule has 0 aliphatic heterocycles. The van der Waals surface area contributed by atoms with Crippen LogP contribution in [0, 0.1) is 0 Å². The number of hydrogen-bond acceptors (Lipinski definition) is 5. The SMILES string of the molecule is COc1cc(Cc2cc(-c3cc(C(F)(F)F)ccc3Cl)oc2C(=O)O)cc(OC)c1OC. The van der Waals surface area contributed by atoms with Gasteiger partial charge in [-0.15, -0.1) is 0 Å². The largest absolute Gasteiger partial charge is 0.493 e. The van der Waals surface area contributed by atoms with Gasteiger partial charge in [-0.2, -0.15) is 13.2 Å². The van der Waals surface area contributed by atoms with Crippen LogP contribution in [0.25, 0.3) is 11.3 Å². The van der Waals surface area contributed by atoms with Gasteiger partial charge in [0.25, 0.3) is 0 Å². The number of carboxylic acid groups (broad SMARTS) is 1. The van der Waals surface area contributed by atoms with E-state index in [1.807, 2.05) is 0 Å². The van der Waals surface area contributed by atoms with E-state index in [9.17, 15) is 23.1 Å². The van der Waals surface area contributed by atoms with Gasteiger partial charge < -0.3 is 23.7 Å². The van der Waals surface area contributed by atoms with E-state index in [4.69, 9.17) is 30.2 Å². The molecule has 0 saturated heterocycles. The predicted molar refractivity (Wildman–Crippen MR) is 110 cm³/mol. The van der Waals surface area contributed by atoms with Crippen LogP contribution in [0.1, 0.15) is 27.2 Å². The summed E-state index contributed by atoms with van der Waals surface area (Å²) in [7, 11) is 4.33. The first kappa shape index (κ1) is 23.3. The number of ether oxygens (including phenoxy) is 3. The Balaban J connectivity index is 2.08. The van der Waals surface area contributed by atoms with Crippen LogP contribution < -0.4 is 14.2 Å². The molecule has 0 unspecified atom stereocenters. The maximum absolute atomic E-state index is 13.1. The Morgan fingerprint density at radius 1 is 1.03 bits per heavy atom. The highest BCUT2D eigenvalue weighted by Crippen LogP contribution is 2.40. The van der Waals surface area contributed by atoms with E-state index >= 15 is 0 Å². The van der Waals surface area contributed by atoms with Gasteiger partial charge in [0.05, 0.1) is 31.9 Å². The van der Waals surface area contributed by atoms with Gasteiger partial charge in [-0.25, -0.2) is 4.79 Å². The van der Waals surface area contributed by atoms with Gasteiger partial charge in [-0.3, -0.25) is 0 Å². The van der Waals surface area contributed by atoms with Crippen molar-refractivity contribution in [3.05, 3.63) is 63.9 Å². The monoisotopic (exact) mass is 470 g/mol. The zero-order valence-electron chi connectivity index (χ0n) is 17.2. The molecule has 0 aliphatic carbocycles. The van der Waals surface area contributed by atoms with E-state index in [0.717, 1.165) is 18.2 Å². The highest BCUT2D eigenvalue weighted by Gasteiger charge is 2.32. The van der Waals surface area contributed by atoms with Crippen LogP contribution in [-0.4, -0.2) is 32.4 Å². The molecule has 0 radical (unpaired) electrons. The van der Waals surface area contributed by atoms with Crippen LogP contribution in [0.4, 0.5) is 13.2 Å². The second-order valence-electron chi connectivity index (χ2n) is 6.67. The number of carboxylic acids is 1. The second-order valence-corrected chi connectivity index (χ2v) is 7.08. The average molecular weight is 471 g/mol. The molecule has 0 saturated carbocycles. The van der Waals surface area contributed by atoms with Crippen LogP contribution in [0.2, 0.25) is 5.02 Å². The molecule has 1 N–H and O–H groups in total. The molecule has 0 bridgehead atoms. The summed E-state index contributed by atoms with van der Waals surface area (Å²) < 4.78 is 60.6. The summed E-state index contributed by atoms with van der Waals surface area (Å²) in [5, 5.41) is 9.55. The summed E-state index contributed by atoms with van der Waals surface area (Å²) in [5.41, 5.74) is -0.170. The van der Waals surface area contributed by atoms with Gasteiger partial charge in [0, 0.05) is 17.5 Å². The summed E-state index contributed by atoms with van der Waals surface area (Å²) in [4.78, 5) is 11.7. The van der Waals surface area contributed by atoms with Crippen molar-refractivity contribution in [2.75, 3.05) is 21.3 Å². The van der Waals surface area contributed by atoms with Crippen LogP contribution in [0.5, 0.6) is 17.2 Å². The van der Waals surface area contributed by atoms with E-state index in [1.165, 1.54) is 27.4 Å². The zero-order valence-corrected chi connectivity index (χ0v) is 17.9. The lowest BCUT2D eigenvalue weighted by Crippen LogP contribution is -2.04. The fourth-order valence-electron chi connectivity index (χ4n) is 3.22. The smallest absolute Gasteiger partial charge is 0.416 e. The molecule has 0 atom stereocenters. The number of carbonyl (C=O) groups is 1. The molecule has 0 amide bonds. The highest BCUT2D eigenvalue weighted by atomic mass is 35.5. The third kappa shape index (κ3) is 4.62. The van der Waals surface area contributed by atoms with Crippen LogP contribution in [0.3, 0.4) is 0 Å². The zero-order chi connectivity index (χ0) is 23.6. The fraction of sp³-hybridized carbons (Fsp3) is 0.227. The number of alkyl halides is 3. The van der Waals surface area contributed by atoms with Crippen molar-refractivity contribution in [1.82, 2.24) is 0 Å². The van der Waals surface area contributed by atoms with Crippen LogP contribution >= 0.6 is 11.6 Å². The van der Waals surface area contributed by atoms with Crippen molar-refractivity contribution in [1.29, 1.82) is 0 Å². The molecule has 1 heterocycles. The Hall–Kier alpha value is -3.33. The second kappa shape index (κ2) is 9.04. The molecule has 170 valence electrons. The number of aromatic carboxylic acids is 1. The van der Waals surface area contributed by atoms with Crippen molar-refractivity contribution in [2.45, 2.75) is 12.6 Å². The number of hydrogen-bond donors (Lipinski definition) is 1. The summed E-state index contributed by atoms with van der Waals surface area (Å²) in [6.07, 6.45) is -4.53. The van der Waals surface area contributed by atoms with Gasteiger partial charge in [0.1, 0.15) is 5.76 Å². The Bertz CT molecular complexity index is 1130. The molecule has 0 spiro atoms. The van der Waals surface area contributed by atoms with Gasteiger partial charge >= 0.3 is 12.1 Å². The molecule has 32 heavy (non-hydrogen) atoms. The number of furan rings is 1. The minimum absolute atomic E-state index is 0.0111. The Morgan fingerprint density at radius 3 is 2.16 bits per heavy atom. The maximum atomic E-state index is 13.1. The molecule has 3 rings (SSSR count). The molecule has 6 nitrogen and oxygen atoms in total. The molecule has 10 heteroatoms. The first-order valence-electron chi connectivity index (χ1n) is 9.11. The first-order valence-corrected chi connectivity index (χ1v) is 9.48. The lowest BCUT2D eigenvalue weighted by atomic mass is 10.0. The van der Waals surface area contributed by atoms with Crippen molar-refractivity contribution >= 4 is 17.6 Å². The van der Waals surface area contributed by atoms with E-state index in [0.29, 0.717) is 22.8 Å². The van der Waals surface area contributed by atoms with E-state index in [2.05, 4.69) is 0 Å². The summed E-state index contributed by atoms with van der Waals surface area (Å²) in [5.74, 6) is -0.794. The highest BCUT2D eigenvalue weighted by molar-refractivity contribution is 6.33. The quantitative estimate of drug-likeness (QED) is 0.461. The van der Waals surface area contributed by atoms with Gasteiger partial charge in [-0.1, -0.05) is 11.6 Å². The van der Waals surface area contributed by atoms with Crippen LogP contribution in [0.15, 0.2) is 40.8 Å². The van der Waals surface area contributed by atoms with E-state index < -0.39 is 23.5 Å². The lowest BCUT2D eigenvalue weighted by Gasteiger charge is -2.14. The van der Waals surface area contributed by atoms with Crippen molar-refractivity contribution in [2.24, 2.45) is 0 Å². The topological polar surface area (TPSA) is 78.1 Å². The molecular weight excluding hydrogens is 453 g/mol. The average Bonchev–Trinajstić information content (AvgIpc) is 3.16. The first-order chi connectivity index (χ1) is 15.1. The molecule has 0 fully saturated rings. The van der Waals surface area contributed by atoms with E-state index in [1.54, 1.807) is 12.1 Å². The third-order valence-corrected chi connectivity index (χ3v) is 5.01. The normalized spacial score (nSPS) is 11.3. The minimum atomic E-state index is -4.60. The van der Waals surface area contributed by atoms with Crippen molar-refractivity contribution < 1.29 is 41.7 Å². The van der Waals surface area contributed by atoms with Crippen molar-refractivity contribution in [3.8, 4) is 28.6 Å². The Morgan fingerprint density at radius 2 is 1.66 bits per heavy atom. The standard InChI is InChI=1S/C22H18ClF3O6/c1-29-17-7-11(8-18(30-2)20(17)31-3)6-12-9-16(32-19(12)21(27)28)14-10-13(22(24,25)26)4-5-15(14)23/h4-5,7-10H,6H2,1-3H3,(H,27,28). The molecule has 2 aromatic carbocycles. The minimum Gasteiger partial charge on any atom is -0.493 e. The number of benzene rings is 2. The van der Waals surface area contributed by atoms with Crippen LogP contribution in [-0.2, 0) is 12.6 Å². The summed E-state index contributed by atoms with van der Waals surface area (Å²) >= 11 is 6.07. The fourth-order valence-corrected chi connectivity index (χ4v) is 3.43. The van der Waals surface area contributed by atoms with Crippen molar-refractivity contribution in [3.63, 3.8) is 0 Å². The lowest BCUT2D eigenvalue weighted by molar-refractivity contribution is -0.137. The molecule has 3 aromatic rings. The molecular formula is C22H18ClF3O6. The molecule has 1 aromatic heterocycles. The maximum Gasteiger partial charge on any atom is 0.416 e. The third-order valence-electron chi connectivity index (χ3n) is 4.68. The predicted octanol–water partition coefficient (Wildman–Crippen LogP) is 5.93.